The number of ether oxygens (including phenoxy) is 15. The molecule has 8 bridgehead atoms. The summed E-state index contributed by atoms with van der Waals surface area (Å²) >= 11 is 2.77. The van der Waals surface area contributed by atoms with Gasteiger partial charge in [0.1, 0.15) is 50.0 Å². The van der Waals surface area contributed by atoms with Gasteiger partial charge in [0, 0.05) is 95.0 Å². The lowest BCUT2D eigenvalue weighted by Crippen LogP contribution is -2.71. The number of benzene rings is 6. The number of fused-ring (bicyclic) bond motifs is 18. The topological polar surface area (TPSA) is 395 Å². The molecule has 20 rings (SSSR count). The molecular formula is C86H88N8O24S2. The number of phenolic OH excluding ortho intramolecular Hbond substituents is 3. The van der Waals surface area contributed by atoms with Gasteiger partial charge in [-0.3, -0.25) is 34.9 Å². The number of hydrogen-bond donors (Lipinski definition) is 6. The zero-order chi connectivity index (χ0) is 84.6. The fourth-order valence-electron chi connectivity index (χ4n) is 20.5. The molecule has 2 spiro atoms. The molecule has 4 saturated heterocycles. The zero-order valence-electron chi connectivity index (χ0n) is 67.3. The summed E-state index contributed by atoms with van der Waals surface area (Å²) in [6.45, 7) is 17.0. The van der Waals surface area contributed by atoms with E-state index in [1.165, 1.54) is 82.9 Å². The molecule has 0 saturated carbocycles. The summed E-state index contributed by atoms with van der Waals surface area (Å²) in [5.74, 6) is 0.735. The van der Waals surface area contributed by atoms with Crippen LogP contribution in [0.4, 0.5) is 9.59 Å². The van der Waals surface area contributed by atoms with Crippen molar-refractivity contribution in [1.82, 2.24) is 30.7 Å². The summed E-state index contributed by atoms with van der Waals surface area (Å²) in [7, 11) is 5.84. The molecular weight excluding hydrogens is 1590 g/mol. The lowest BCUT2D eigenvalue weighted by molar-refractivity contribution is -0.157. The van der Waals surface area contributed by atoms with E-state index in [4.69, 9.17) is 71.1 Å². The summed E-state index contributed by atoms with van der Waals surface area (Å²) in [5.41, 5.74) is 7.15. The maximum atomic E-state index is 15.1. The quantitative estimate of drug-likeness (QED) is 0.0231. The van der Waals surface area contributed by atoms with Crippen LogP contribution in [-0.4, -0.2) is 195 Å². The van der Waals surface area contributed by atoms with E-state index in [1.54, 1.807) is 31.2 Å². The number of nitrogens with zero attached hydrogens (tertiary/aromatic N) is 5. The molecule has 6 N–H and O–H groups in total. The normalized spacial score (nSPS) is 26.9. The maximum absolute atomic E-state index is 15.1. The fraction of sp³-hybridized carbons (Fsp3) is 0.442. The predicted molar refractivity (Wildman–Crippen MR) is 427 cm³/mol. The van der Waals surface area contributed by atoms with Crippen LogP contribution in [0.15, 0.2) is 61.7 Å². The van der Waals surface area contributed by atoms with Gasteiger partial charge in [-0.25, -0.2) is 19.2 Å². The molecule has 14 aliphatic rings. The highest BCUT2D eigenvalue weighted by Crippen LogP contribution is 2.68. The van der Waals surface area contributed by atoms with Crippen molar-refractivity contribution in [3.05, 3.63) is 151 Å². The van der Waals surface area contributed by atoms with E-state index >= 15 is 4.79 Å². The number of piperazine rings is 2. The average molecular weight is 1680 g/mol. The molecule has 34 heteroatoms. The first-order valence-electron chi connectivity index (χ1n) is 39.2. The van der Waals surface area contributed by atoms with Crippen LogP contribution in [0.25, 0.3) is 0 Å². The van der Waals surface area contributed by atoms with E-state index < -0.39 is 112 Å². The highest BCUT2D eigenvalue weighted by Gasteiger charge is 2.66. The number of phenols is 3. The molecule has 120 heavy (non-hydrogen) atoms. The Hall–Kier alpha value is -11.5. The monoisotopic (exact) mass is 1680 g/mol. The van der Waals surface area contributed by atoms with Gasteiger partial charge in [0.25, 0.3) is 0 Å². The largest absolute Gasteiger partial charge is 0.514 e. The Morgan fingerprint density at radius 1 is 0.575 bits per heavy atom. The van der Waals surface area contributed by atoms with Gasteiger partial charge in [0.2, 0.25) is 13.6 Å². The van der Waals surface area contributed by atoms with Gasteiger partial charge in [-0.2, -0.15) is 10.5 Å². The second-order valence-electron chi connectivity index (χ2n) is 31.3. The van der Waals surface area contributed by atoms with Gasteiger partial charge in [-0.15, -0.1) is 23.5 Å². The van der Waals surface area contributed by atoms with Crippen LogP contribution in [0.1, 0.15) is 138 Å². The lowest BCUT2D eigenvalue weighted by Gasteiger charge is -2.62. The summed E-state index contributed by atoms with van der Waals surface area (Å²) in [6.07, 6.45) is 2.74. The van der Waals surface area contributed by atoms with Crippen LogP contribution in [-0.2, 0) is 74.9 Å². The summed E-state index contributed by atoms with van der Waals surface area (Å²) in [5, 5.41) is 66.6. The van der Waals surface area contributed by atoms with Crippen molar-refractivity contribution in [1.29, 1.82) is 10.5 Å². The van der Waals surface area contributed by atoms with Crippen molar-refractivity contribution in [2.75, 3.05) is 93.0 Å². The fourth-order valence-corrected chi connectivity index (χ4v) is 23.9. The first-order chi connectivity index (χ1) is 57.8. The third-order valence-corrected chi connectivity index (χ3v) is 28.0. The third-order valence-electron chi connectivity index (χ3n) is 25.1. The number of hydrogen-bond acceptors (Lipinski definition) is 33. The van der Waals surface area contributed by atoms with Gasteiger partial charge >= 0.3 is 36.1 Å². The van der Waals surface area contributed by atoms with Crippen molar-refractivity contribution in [3.8, 4) is 92.6 Å². The lowest BCUT2D eigenvalue weighted by atomic mass is 9.71. The van der Waals surface area contributed by atoms with E-state index in [0.29, 0.717) is 139 Å². The summed E-state index contributed by atoms with van der Waals surface area (Å²) in [4.78, 5) is 88.7. The number of aromatic hydroxyl groups is 3. The van der Waals surface area contributed by atoms with E-state index in [1.807, 2.05) is 37.8 Å². The second kappa shape index (κ2) is 31.3. The Morgan fingerprint density at radius 2 is 1.07 bits per heavy atom. The van der Waals surface area contributed by atoms with Crippen LogP contribution in [0.3, 0.4) is 0 Å². The van der Waals surface area contributed by atoms with Gasteiger partial charge in [-0.1, -0.05) is 37.4 Å². The van der Waals surface area contributed by atoms with Crippen LogP contribution in [0, 0.1) is 50.4 Å². The Kier molecular flexibility index (Phi) is 21.1. The van der Waals surface area contributed by atoms with Crippen molar-refractivity contribution in [2.45, 2.75) is 149 Å². The predicted octanol–water partition coefficient (Wildman–Crippen LogP) is 9.32. The number of rotatable bonds is 11. The van der Waals surface area contributed by atoms with Gasteiger partial charge in [-0.05, 0) is 122 Å². The SMILES string of the molecule is C=CCOC(=O)Oc1cc2c(cc1OC)[C@@]1(CS[C@@H]3c4c(OC(C)=O)c(C)c5c(c4[C@H](COC1=O)N1C3[C@H]3c4c(cc(C)c(OC)c4O)C[C@@H]([C@@H]1C#N)N3C(=O)OCC=C)OCO5)NCC2.COc1cc2c(cc1O)CCN[C@]21CS[C@@H]2c3c(OC(C)=O)c(C)c4c(c3[C@H](COC1=O)N1C2[C@@H]2N[C@@H](Cc3cc(C)c(OC)c(O)c32)[C@@H]1C#N)OCO4. The van der Waals surface area contributed by atoms with Crippen molar-refractivity contribution < 1.29 is 115 Å². The Bertz CT molecular complexity index is 5480. The van der Waals surface area contributed by atoms with E-state index in [0.717, 1.165) is 16.7 Å². The molecule has 0 radical (unpaired) electrons. The Labute approximate surface area is 698 Å². The third kappa shape index (κ3) is 12.5. The van der Waals surface area contributed by atoms with Crippen molar-refractivity contribution >= 4 is 59.6 Å². The van der Waals surface area contributed by atoms with Gasteiger partial charge < -0.3 is 91.7 Å². The molecule has 0 aliphatic carbocycles. The van der Waals surface area contributed by atoms with Crippen LogP contribution in [0.2, 0.25) is 0 Å². The number of nitriles is 2. The molecule has 2 unspecified atom stereocenters. The highest BCUT2D eigenvalue weighted by molar-refractivity contribution is 7.99. The van der Waals surface area contributed by atoms with Gasteiger partial charge in [0.15, 0.2) is 80.1 Å². The first-order valence-corrected chi connectivity index (χ1v) is 41.3. The summed E-state index contributed by atoms with van der Waals surface area (Å²) < 4.78 is 88.7. The second-order valence-corrected chi connectivity index (χ2v) is 33.6. The maximum Gasteiger partial charge on any atom is 0.514 e. The molecule has 14 heterocycles. The standard InChI is InChI=1S/C47H48N4O14S.C39H40N4O10S/c1-8-12-59-45(55)51-28-15-26-14-22(3)39(58-7)38(53)33(26)36(51)37-43-35-34(42-41(62-21-63-42)23(4)40(35)64-24(5)52)30(50(37)29(28)18-48)19-61-44(54)47(20-66-43)27-17-31(57-6)32(16-25(27)10-11-49-47)65-46(56)60-13-9-2;1-16-8-20-9-22-23(12-40)43-24-13-50-38(47)39(21-11-26(48-4)25(45)10-19(21)6-7-41-39)14-54-37(31(43)30(42-22)27(20)32(46)33(16)49-5)29-28(24)36-35(51-15-52-36)17(2)34(29)53-18(3)44/h8-9,14,16-17,28-30,36-37,43,49,53H,1-2,10-13,15,19-21H2,3-7H3;8,10-11,22-24,30-31,37,41-42,45-46H,6-7,9,13-15H2,1-5H3/t28-,29-,30-,36+,37?,43+,47+;22-,23-,24-,30+,31?,37+,39+/m00/s1. The minimum Gasteiger partial charge on any atom is -0.504 e. The molecule has 0 aromatic heterocycles. The molecule has 1 amide bonds. The minimum absolute atomic E-state index is 0.0248. The molecule has 14 atom stereocenters. The zero-order valence-corrected chi connectivity index (χ0v) is 69.0. The number of thioether (sulfide) groups is 2. The number of carbonyl (C=O) groups excluding carboxylic acids is 6. The van der Waals surface area contributed by atoms with E-state index in [9.17, 15) is 49.8 Å². The van der Waals surface area contributed by atoms with Crippen LogP contribution >= 0.6 is 23.5 Å². The van der Waals surface area contributed by atoms with E-state index in [2.05, 4.69) is 46.1 Å². The average Bonchev–Trinajstić information content (AvgIpc) is 1.12. The van der Waals surface area contributed by atoms with E-state index in [-0.39, 0.29) is 110 Å². The van der Waals surface area contributed by atoms with Gasteiger partial charge in [0.05, 0.1) is 87.3 Å². The number of nitrogens with one attached hydrogen (secondary N) is 3. The molecule has 6 aromatic rings. The first kappa shape index (κ1) is 80.9. The molecule has 4 fully saturated rings. The molecule has 14 aliphatic heterocycles. The van der Waals surface area contributed by atoms with Crippen molar-refractivity contribution in [3.63, 3.8) is 0 Å². The number of esters is 4. The number of methoxy groups -OCH3 is 4. The minimum atomic E-state index is -1.57. The summed E-state index contributed by atoms with van der Waals surface area (Å²) in [6, 6.07) is 7.94. The molecule has 32 nitrogen and oxygen atoms in total. The smallest absolute Gasteiger partial charge is 0.504 e. The van der Waals surface area contributed by atoms with Crippen molar-refractivity contribution in [2.24, 2.45) is 0 Å². The van der Waals surface area contributed by atoms with Crippen LogP contribution in [0.5, 0.6) is 80.5 Å². The Morgan fingerprint density at radius 3 is 1.60 bits per heavy atom. The van der Waals surface area contributed by atoms with Crippen LogP contribution < -0.4 is 68.1 Å². The number of aryl methyl sites for hydroxylation is 2. The highest BCUT2D eigenvalue weighted by atomic mass is 32.2. The Balaban J connectivity index is 0.000000175. The number of amides is 1. The molecule has 628 valence electrons. The molecule has 6 aromatic carbocycles. The number of carbonyl (C=O) groups is 6.